The highest BCUT2D eigenvalue weighted by atomic mass is 31.3. The molecule has 2 rings (SSSR count). The van der Waals surface area contributed by atoms with Crippen molar-refractivity contribution in [1.29, 1.82) is 0 Å². The molecule has 1 fully saturated rings. The summed E-state index contributed by atoms with van der Waals surface area (Å²) < 4.78 is 104. The lowest BCUT2D eigenvalue weighted by Gasteiger charge is -2.35. The van der Waals surface area contributed by atoms with Crippen LogP contribution < -0.4 is 5.32 Å². The average Bonchev–Trinajstić information content (AvgIpc) is 2.87. The van der Waals surface area contributed by atoms with Crippen molar-refractivity contribution >= 4 is 29.5 Å². The van der Waals surface area contributed by atoms with E-state index in [1.165, 1.54) is 0 Å². The average molecular weight is 536 g/mol. The number of nitrogens with one attached hydrogen (secondary N) is 1. The first kappa shape index (κ1) is 27.1. The number of urea groups is 1. The molecule has 0 aromatic heterocycles. The molecule has 32 heavy (non-hydrogen) atoms. The number of hydrogen-bond donors (Lipinski definition) is 5. The number of halogens is 4. The van der Waals surface area contributed by atoms with Crippen molar-refractivity contribution in [2.45, 2.75) is 30.6 Å². The van der Waals surface area contributed by atoms with Crippen molar-refractivity contribution in [3.63, 3.8) is 0 Å². The second-order valence-electron chi connectivity index (χ2n) is 6.24. The Balaban J connectivity index is 2.15. The summed E-state index contributed by atoms with van der Waals surface area (Å²) >= 11 is 0. The van der Waals surface area contributed by atoms with E-state index < -0.39 is 66.7 Å². The molecule has 0 aliphatic carbocycles. The first-order valence-corrected chi connectivity index (χ1v) is 12.4. The number of nitrogens with zero attached hydrogens (tertiary/aromatic N) is 1. The van der Waals surface area contributed by atoms with Gasteiger partial charge in [0, 0.05) is 18.3 Å². The SMILES string of the molecule is C=C1C=CN([C@@H]2O[C@H](COP(=O)(O)OP(=O)(O)OP(=O)(O)O)CC2(F)C(F)(F)F)C(=O)N1. The second kappa shape index (κ2) is 8.89. The van der Waals surface area contributed by atoms with Crippen molar-refractivity contribution in [3.8, 4) is 0 Å². The summed E-state index contributed by atoms with van der Waals surface area (Å²) in [4.78, 5) is 47.4. The molecule has 1 saturated heterocycles. The van der Waals surface area contributed by atoms with Crippen LogP contribution in [-0.2, 0) is 31.6 Å². The molecule has 2 aliphatic heterocycles. The Kier molecular flexibility index (Phi) is 7.52. The van der Waals surface area contributed by atoms with E-state index in [0.717, 1.165) is 12.3 Å². The Bertz CT molecular complexity index is 953. The number of allylic oxidation sites excluding steroid dienone is 1. The number of carbonyl (C=O) groups is 1. The molecule has 2 heterocycles. The second-order valence-corrected chi connectivity index (χ2v) is 10.7. The smallest absolute Gasteiger partial charge is 0.348 e. The molecule has 5 atom stereocenters. The number of amides is 2. The van der Waals surface area contributed by atoms with Crippen LogP contribution in [0.3, 0.4) is 0 Å². The molecule has 2 amide bonds. The normalized spacial score (nSPS) is 30.7. The number of alkyl halides is 4. The van der Waals surface area contributed by atoms with Crippen LogP contribution in [0, 0.1) is 0 Å². The van der Waals surface area contributed by atoms with Gasteiger partial charge in [0.2, 0.25) is 0 Å². The minimum atomic E-state index is -5.87. The standard InChI is InChI=1S/C11H15F4N2O12P3/c1-6-2-3-17(9(18)16-6)8-10(12,11(13,14)15)4-7(27-8)5-26-31(22,23)29-32(24,25)28-30(19,20)21/h2-3,7-8H,1,4-5H2,(H,16,18)(H,22,23)(H,24,25)(H2,19,20,21)/t7-,8+,10?/m0/s1. The summed E-state index contributed by atoms with van der Waals surface area (Å²) in [6.45, 7) is 2.00. The predicted octanol–water partition coefficient (Wildman–Crippen LogP) is 1.77. The van der Waals surface area contributed by atoms with Crippen LogP contribution >= 0.6 is 23.5 Å². The fourth-order valence-electron chi connectivity index (χ4n) is 2.56. The van der Waals surface area contributed by atoms with Crippen LogP contribution in [0.1, 0.15) is 6.42 Å². The minimum absolute atomic E-state index is 0.00933. The molecule has 0 bridgehead atoms. The van der Waals surface area contributed by atoms with Gasteiger partial charge < -0.3 is 29.6 Å². The molecule has 14 nitrogen and oxygen atoms in total. The Morgan fingerprint density at radius 3 is 2.31 bits per heavy atom. The van der Waals surface area contributed by atoms with E-state index in [0.29, 0.717) is 0 Å². The van der Waals surface area contributed by atoms with E-state index in [1.807, 2.05) is 5.32 Å². The zero-order valence-corrected chi connectivity index (χ0v) is 18.0. The molecule has 184 valence electrons. The first-order chi connectivity index (χ1) is 14.2. The first-order valence-electron chi connectivity index (χ1n) is 7.91. The van der Waals surface area contributed by atoms with Gasteiger partial charge in [0.05, 0.1) is 12.7 Å². The molecule has 21 heteroatoms. The van der Waals surface area contributed by atoms with Crippen molar-refractivity contribution in [3.05, 3.63) is 24.6 Å². The van der Waals surface area contributed by atoms with E-state index in [-0.39, 0.29) is 10.6 Å². The van der Waals surface area contributed by atoms with Gasteiger partial charge in [0.1, 0.15) is 0 Å². The molecular weight excluding hydrogens is 521 g/mol. The van der Waals surface area contributed by atoms with Gasteiger partial charge in [-0.2, -0.15) is 21.8 Å². The molecule has 0 spiro atoms. The zero-order valence-electron chi connectivity index (χ0n) is 15.3. The topological polar surface area (TPSA) is 201 Å². The number of phosphoric acid groups is 3. The molecule has 3 unspecified atom stereocenters. The highest BCUT2D eigenvalue weighted by Crippen LogP contribution is 2.66. The van der Waals surface area contributed by atoms with Gasteiger partial charge >= 0.3 is 35.7 Å². The van der Waals surface area contributed by atoms with Gasteiger partial charge in [-0.1, -0.05) is 6.58 Å². The maximum absolute atomic E-state index is 14.9. The molecular formula is C11H15F4N2O12P3. The van der Waals surface area contributed by atoms with Crippen LogP contribution in [0.5, 0.6) is 0 Å². The highest BCUT2D eigenvalue weighted by molar-refractivity contribution is 7.66. The fourth-order valence-corrected chi connectivity index (χ4v) is 5.61. The largest absolute Gasteiger partial charge is 0.490 e. The maximum atomic E-state index is 14.9. The summed E-state index contributed by atoms with van der Waals surface area (Å²) in [6.07, 6.45) is -9.84. The Morgan fingerprint density at radius 1 is 1.22 bits per heavy atom. The van der Waals surface area contributed by atoms with Crippen LogP contribution in [0.4, 0.5) is 22.4 Å². The Morgan fingerprint density at radius 2 is 1.81 bits per heavy atom. The molecule has 2 aliphatic rings. The van der Waals surface area contributed by atoms with Crippen LogP contribution in [-0.4, -0.2) is 61.3 Å². The lowest BCUT2D eigenvalue weighted by Crippen LogP contribution is -2.57. The summed E-state index contributed by atoms with van der Waals surface area (Å²) in [5, 5.41) is 2.03. The van der Waals surface area contributed by atoms with Crippen molar-refractivity contribution in [2.75, 3.05) is 6.61 Å². The molecule has 0 radical (unpaired) electrons. The summed E-state index contributed by atoms with van der Waals surface area (Å²) in [5.41, 5.74) is -4.18. The van der Waals surface area contributed by atoms with Gasteiger partial charge in [-0.05, 0) is 6.08 Å². The third-order valence-corrected chi connectivity index (χ3v) is 7.54. The Labute approximate surface area is 175 Å². The summed E-state index contributed by atoms with van der Waals surface area (Å²) in [5.74, 6) is 0. The van der Waals surface area contributed by atoms with Crippen LogP contribution in [0.2, 0.25) is 0 Å². The van der Waals surface area contributed by atoms with E-state index in [1.54, 1.807) is 0 Å². The summed E-state index contributed by atoms with van der Waals surface area (Å²) in [6, 6.07) is -1.22. The van der Waals surface area contributed by atoms with Crippen LogP contribution in [0.15, 0.2) is 24.6 Å². The van der Waals surface area contributed by atoms with E-state index in [4.69, 9.17) is 19.4 Å². The zero-order chi connectivity index (χ0) is 24.8. The van der Waals surface area contributed by atoms with Gasteiger partial charge in [-0.15, -0.1) is 0 Å². The highest BCUT2D eigenvalue weighted by Gasteiger charge is 2.68. The number of rotatable bonds is 8. The minimum Gasteiger partial charge on any atom is -0.348 e. The van der Waals surface area contributed by atoms with Gasteiger partial charge in [0.25, 0.3) is 5.67 Å². The molecule has 0 aromatic rings. The Hall–Kier alpha value is -1.16. The van der Waals surface area contributed by atoms with E-state index >= 15 is 0 Å². The lowest BCUT2D eigenvalue weighted by atomic mass is 9.98. The predicted molar refractivity (Wildman–Crippen MR) is 91.6 cm³/mol. The number of phosphoric ester groups is 1. The summed E-state index contributed by atoms with van der Waals surface area (Å²) in [7, 11) is -17.2. The number of hydrogen-bond acceptors (Lipinski definition) is 8. The number of carbonyl (C=O) groups excluding carboxylic acids is 1. The third kappa shape index (κ3) is 6.68. The molecule has 5 N–H and O–H groups in total. The number of ether oxygens (including phenoxy) is 1. The van der Waals surface area contributed by atoms with Crippen molar-refractivity contribution in [1.82, 2.24) is 10.2 Å². The third-order valence-electron chi connectivity index (χ3n) is 3.74. The quantitative estimate of drug-likeness (QED) is 0.223. The maximum Gasteiger partial charge on any atom is 0.490 e. The van der Waals surface area contributed by atoms with E-state index in [9.17, 15) is 40.9 Å². The lowest BCUT2D eigenvalue weighted by molar-refractivity contribution is -0.256. The van der Waals surface area contributed by atoms with E-state index in [2.05, 4.69) is 19.7 Å². The fraction of sp³-hybridized carbons (Fsp3) is 0.545. The monoisotopic (exact) mass is 536 g/mol. The van der Waals surface area contributed by atoms with Gasteiger partial charge in [-0.3, -0.25) is 9.42 Å². The van der Waals surface area contributed by atoms with Crippen LogP contribution in [0.25, 0.3) is 0 Å². The van der Waals surface area contributed by atoms with Gasteiger partial charge in [-0.25, -0.2) is 22.9 Å². The molecule has 0 saturated carbocycles. The van der Waals surface area contributed by atoms with Crippen molar-refractivity contribution < 1.29 is 73.5 Å². The van der Waals surface area contributed by atoms with Crippen molar-refractivity contribution in [2.24, 2.45) is 0 Å². The molecule has 0 aromatic carbocycles. The van der Waals surface area contributed by atoms with Gasteiger partial charge in [0.15, 0.2) is 6.23 Å².